The maximum absolute atomic E-state index is 5.67. The molecule has 0 aromatic heterocycles. The van der Waals surface area contributed by atoms with E-state index in [1.54, 1.807) is 0 Å². The van der Waals surface area contributed by atoms with Crippen LogP contribution in [-0.2, 0) is 6.42 Å². The smallest absolute Gasteiger partial charge is 0.158 e. The van der Waals surface area contributed by atoms with Gasteiger partial charge in [-0.3, -0.25) is 4.90 Å². The van der Waals surface area contributed by atoms with Crippen LogP contribution in [0.25, 0.3) is 0 Å². The molecular weight excluding hydrogens is 365 g/mol. The molecule has 0 amide bonds. The van der Waals surface area contributed by atoms with Gasteiger partial charge in [-0.25, -0.2) is 0 Å². The minimum atomic E-state index is -1.89. The van der Waals surface area contributed by atoms with Crippen LogP contribution in [0.5, 0.6) is 11.5 Å². The van der Waals surface area contributed by atoms with E-state index in [0.717, 1.165) is 43.6 Å². The summed E-state index contributed by atoms with van der Waals surface area (Å²) in [6, 6.07) is 4.44. The molecule has 1 aromatic carbocycles. The summed E-state index contributed by atoms with van der Waals surface area (Å²) in [5.41, 5.74) is 2.53. The molecule has 0 saturated carbocycles. The Bertz CT molecular complexity index is 772. The Kier molecular flexibility index (Phi) is 6.53. The summed E-state index contributed by atoms with van der Waals surface area (Å²) in [5, 5.41) is -3.76. The van der Waals surface area contributed by atoms with Gasteiger partial charge in [0.15, 0.2) is 11.5 Å². The third kappa shape index (κ3) is 6.09. The average molecular weight is 391 g/mol. The van der Waals surface area contributed by atoms with Crippen LogP contribution in [0.2, 0.25) is 0 Å². The Labute approximate surface area is 189 Å². The first-order chi connectivity index (χ1) is 13.6. The Hall–Kier alpha value is -0.870. The summed E-state index contributed by atoms with van der Waals surface area (Å²) in [7, 11) is 36.1. The van der Waals surface area contributed by atoms with Crippen LogP contribution in [0.15, 0.2) is 12.1 Å². The van der Waals surface area contributed by atoms with Crippen molar-refractivity contribution in [3.8, 4) is 11.5 Å². The number of nitrogens with zero attached hydrogens (tertiary/aromatic N) is 2. The molecule has 2 atom stereocenters. The second-order valence-corrected chi connectivity index (χ2v) is 10.0. The van der Waals surface area contributed by atoms with Crippen LogP contribution in [0.4, 0.5) is 0 Å². The van der Waals surface area contributed by atoms with Crippen molar-refractivity contribution < 1.29 is 9.47 Å². The Morgan fingerprint density at radius 3 is 2.03 bits per heavy atom. The fraction of sp³-hybridized carbons (Fsp3) is 0.700. The minimum Gasteiger partial charge on any atom is -0.512 e. The SMILES string of the molecule is [B]C([B])([B])Oc1cc2c(cc1OC([B])([B])[B])[C@H]1CN(C)[C@H](CC(C)(C)C)CN1CC2. The van der Waals surface area contributed by atoms with E-state index in [0.29, 0.717) is 6.04 Å². The zero-order valence-corrected chi connectivity index (χ0v) is 18.5. The molecule has 3 rings (SSSR count). The molecule has 0 N–H and O–H groups in total. The van der Waals surface area contributed by atoms with Gasteiger partial charge in [0.2, 0.25) is 0 Å². The van der Waals surface area contributed by atoms with E-state index in [2.05, 4.69) is 37.6 Å². The monoisotopic (exact) mass is 392 g/mol. The van der Waals surface area contributed by atoms with E-state index in [1.165, 1.54) is 0 Å². The van der Waals surface area contributed by atoms with E-state index in [9.17, 15) is 0 Å². The Morgan fingerprint density at radius 2 is 1.50 bits per heavy atom. The van der Waals surface area contributed by atoms with Gasteiger partial charge in [0.1, 0.15) is 47.1 Å². The van der Waals surface area contributed by atoms with Crippen LogP contribution in [0.1, 0.15) is 44.4 Å². The largest absolute Gasteiger partial charge is 0.512 e. The molecular formula is C20H26B6N2O2. The predicted molar refractivity (Wildman–Crippen MR) is 126 cm³/mol. The standard InChI is InChI=1S/C20H26B6N2O2/c1-18(2,3)9-13-10-28-6-5-12-7-16(29-19(21,22)23)17(30-20(24,25)26)8-14(12)15(28)11-27(13)4/h7-8,13,15H,5-6,9-11H2,1-4H3/t13-,15-/m1/s1. The van der Waals surface area contributed by atoms with Crippen molar-refractivity contribution in [1.29, 1.82) is 0 Å². The maximum Gasteiger partial charge on any atom is 0.158 e. The van der Waals surface area contributed by atoms with Crippen molar-refractivity contribution in [2.45, 2.75) is 56.3 Å². The van der Waals surface area contributed by atoms with E-state index in [1.807, 2.05) is 12.1 Å². The normalized spacial score (nSPS) is 23.5. The van der Waals surface area contributed by atoms with E-state index in [-0.39, 0.29) is 23.0 Å². The van der Waals surface area contributed by atoms with Gasteiger partial charge < -0.3 is 14.4 Å². The fourth-order valence-corrected chi connectivity index (χ4v) is 4.49. The number of benzene rings is 1. The molecule has 2 heterocycles. The van der Waals surface area contributed by atoms with Gasteiger partial charge in [-0.1, -0.05) is 20.8 Å². The Balaban J connectivity index is 1.93. The van der Waals surface area contributed by atoms with Crippen molar-refractivity contribution in [2.75, 3.05) is 26.7 Å². The van der Waals surface area contributed by atoms with Gasteiger partial charge in [-0.2, -0.15) is 0 Å². The quantitative estimate of drug-likeness (QED) is 0.676. The highest BCUT2D eigenvalue weighted by atomic mass is 16.5. The summed E-state index contributed by atoms with van der Waals surface area (Å²) in [6.07, 6.45) is 2.00. The zero-order valence-electron chi connectivity index (χ0n) is 18.5. The molecule has 1 aromatic rings. The van der Waals surface area contributed by atoms with Crippen molar-refractivity contribution in [3.05, 3.63) is 23.3 Å². The van der Waals surface area contributed by atoms with E-state index >= 15 is 0 Å². The van der Waals surface area contributed by atoms with E-state index < -0.39 is 10.6 Å². The third-order valence-electron chi connectivity index (χ3n) is 5.62. The highest BCUT2D eigenvalue weighted by Crippen LogP contribution is 2.42. The lowest BCUT2D eigenvalue weighted by Gasteiger charge is -2.49. The minimum absolute atomic E-state index is 0.215. The molecule has 0 spiro atoms. The number of hydrogen-bond donors (Lipinski definition) is 0. The molecule has 2 aliphatic rings. The number of piperazine rings is 1. The van der Waals surface area contributed by atoms with Gasteiger partial charge in [0, 0.05) is 31.7 Å². The van der Waals surface area contributed by atoms with Gasteiger partial charge in [-0.15, -0.1) is 0 Å². The Morgan fingerprint density at radius 1 is 0.933 bits per heavy atom. The van der Waals surface area contributed by atoms with Gasteiger partial charge in [0.25, 0.3) is 0 Å². The highest BCUT2D eigenvalue weighted by Gasteiger charge is 2.38. The molecule has 0 unspecified atom stereocenters. The first-order valence-corrected chi connectivity index (χ1v) is 10.3. The summed E-state index contributed by atoms with van der Waals surface area (Å²) in [4.78, 5) is 4.97. The van der Waals surface area contributed by atoms with Crippen molar-refractivity contribution >= 4 is 47.1 Å². The number of likely N-dealkylation sites (N-methyl/N-ethyl adjacent to an activating group) is 1. The second kappa shape index (κ2) is 8.24. The van der Waals surface area contributed by atoms with Gasteiger partial charge in [-0.05, 0) is 59.2 Å². The van der Waals surface area contributed by atoms with Crippen LogP contribution >= 0.6 is 0 Å². The summed E-state index contributed by atoms with van der Waals surface area (Å²) < 4.78 is 11.0. The van der Waals surface area contributed by atoms with Gasteiger partial charge >= 0.3 is 0 Å². The van der Waals surface area contributed by atoms with Crippen molar-refractivity contribution in [1.82, 2.24) is 9.80 Å². The fourth-order valence-electron chi connectivity index (χ4n) is 4.49. The average Bonchev–Trinajstić information content (AvgIpc) is 2.52. The molecule has 1 saturated heterocycles. The second-order valence-electron chi connectivity index (χ2n) is 10.0. The molecule has 0 bridgehead atoms. The molecule has 30 heavy (non-hydrogen) atoms. The molecule has 4 nitrogen and oxygen atoms in total. The lowest BCUT2D eigenvalue weighted by atomic mass is 9.52. The predicted octanol–water partition coefficient (Wildman–Crippen LogP) is 0.327. The number of ether oxygens (including phenoxy) is 2. The molecule has 146 valence electrons. The zero-order chi connectivity index (χ0) is 22.5. The molecule has 0 aliphatic carbocycles. The lowest BCUT2D eigenvalue weighted by Crippen LogP contribution is -2.55. The van der Waals surface area contributed by atoms with Crippen LogP contribution in [0.3, 0.4) is 0 Å². The topological polar surface area (TPSA) is 24.9 Å². The van der Waals surface area contributed by atoms with Crippen LogP contribution in [0, 0.1) is 5.41 Å². The summed E-state index contributed by atoms with van der Waals surface area (Å²) >= 11 is 0. The number of hydrogen-bond acceptors (Lipinski definition) is 4. The lowest BCUT2D eigenvalue weighted by molar-refractivity contribution is 0.0212. The molecule has 10 heteroatoms. The summed E-state index contributed by atoms with van der Waals surface area (Å²) in [5.74, 6) is 0.517. The third-order valence-corrected chi connectivity index (χ3v) is 5.62. The maximum atomic E-state index is 5.67. The molecule has 12 radical (unpaired) electrons. The first-order valence-electron chi connectivity index (χ1n) is 10.3. The first kappa shape index (κ1) is 23.8. The van der Waals surface area contributed by atoms with Crippen LogP contribution < -0.4 is 9.47 Å². The number of rotatable bonds is 5. The molecule has 2 aliphatic heterocycles. The molecule has 1 fully saturated rings. The van der Waals surface area contributed by atoms with Crippen LogP contribution in [-0.4, -0.2) is 100 Å². The number of fused-ring (bicyclic) bond motifs is 3. The van der Waals surface area contributed by atoms with Crippen molar-refractivity contribution in [3.63, 3.8) is 0 Å². The van der Waals surface area contributed by atoms with E-state index in [4.69, 9.17) is 56.6 Å². The summed E-state index contributed by atoms with van der Waals surface area (Å²) in [6.45, 7) is 9.73. The highest BCUT2D eigenvalue weighted by molar-refractivity contribution is 6.59. The van der Waals surface area contributed by atoms with Crippen molar-refractivity contribution in [2.24, 2.45) is 5.41 Å². The van der Waals surface area contributed by atoms with Gasteiger partial charge in [0.05, 0.1) is 0 Å².